The second kappa shape index (κ2) is 11.2. The molecule has 0 spiro atoms. The Kier molecular flexibility index (Phi) is 8.53. The molecule has 1 N–H and O–H groups in total. The number of anilines is 1. The van der Waals surface area contributed by atoms with Gasteiger partial charge in [-0.05, 0) is 48.4 Å². The fourth-order valence-corrected chi connectivity index (χ4v) is 4.65. The topological polar surface area (TPSA) is 84.9 Å². The number of carbonyl (C=O) groups is 1. The fraction of sp³-hybridized carbons (Fsp3) is 0.240. The first-order chi connectivity index (χ1) is 16.5. The van der Waals surface area contributed by atoms with Gasteiger partial charge in [0.2, 0.25) is 10.0 Å². The SMILES string of the molecule is COc1cc(C(=O)N[C@@H](C)c2ccc(Cl)cc2)c(N(Cc2ccc(Cl)cc2)S(C)(=O)=O)cc1OC. The van der Waals surface area contributed by atoms with Gasteiger partial charge in [-0.25, -0.2) is 8.42 Å². The molecule has 10 heteroatoms. The maximum Gasteiger partial charge on any atom is 0.254 e. The molecule has 0 heterocycles. The van der Waals surface area contributed by atoms with E-state index in [-0.39, 0.29) is 29.6 Å². The number of benzene rings is 3. The van der Waals surface area contributed by atoms with Crippen molar-refractivity contribution in [1.29, 1.82) is 0 Å². The van der Waals surface area contributed by atoms with Crippen LogP contribution in [0.15, 0.2) is 60.7 Å². The van der Waals surface area contributed by atoms with Gasteiger partial charge in [0, 0.05) is 16.1 Å². The van der Waals surface area contributed by atoms with Gasteiger partial charge in [-0.2, -0.15) is 0 Å². The van der Waals surface area contributed by atoms with Gasteiger partial charge in [0.05, 0.1) is 44.3 Å². The van der Waals surface area contributed by atoms with Crippen LogP contribution in [0.25, 0.3) is 0 Å². The van der Waals surface area contributed by atoms with Gasteiger partial charge in [-0.3, -0.25) is 9.10 Å². The third-order valence-electron chi connectivity index (χ3n) is 5.37. The number of rotatable bonds is 9. The van der Waals surface area contributed by atoms with E-state index in [0.717, 1.165) is 16.1 Å². The summed E-state index contributed by atoms with van der Waals surface area (Å²) in [6.07, 6.45) is 1.08. The minimum atomic E-state index is -3.80. The Bertz CT molecular complexity index is 1300. The van der Waals surface area contributed by atoms with E-state index in [0.29, 0.717) is 21.4 Å². The first-order valence-corrected chi connectivity index (χ1v) is 13.2. The first-order valence-electron chi connectivity index (χ1n) is 10.6. The molecule has 0 aliphatic carbocycles. The van der Waals surface area contributed by atoms with E-state index in [4.69, 9.17) is 32.7 Å². The molecular weight excluding hydrogens is 511 g/mol. The Morgan fingerprint density at radius 1 is 0.943 bits per heavy atom. The van der Waals surface area contributed by atoms with Crippen molar-refractivity contribution in [2.24, 2.45) is 0 Å². The summed E-state index contributed by atoms with van der Waals surface area (Å²) in [5, 5.41) is 4.03. The van der Waals surface area contributed by atoms with Crippen LogP contribution in [-0.4, -0.2) is 34.8 Å². The molecule has 3 aromatic rings. The lowest BCUT2D eigenvalue weighted by Crippen LogP contribution is -2.33. The molecule has 0 aromatic heterocycles. The zero-order valence-corrected chi connectivity index (χ0v) is 22.0. The second-order valence-electron chi connectivity index (χ2n) is 7.87. The Morgan fingerprint density at radius 3 is 1.97 bits per heavy atom. The van der Waals surface area contributed by atoms with Crippen molar-refractivity contribution in [1.82, 2.24) is 5.32 Å². The van der Waals surface area contributed by atoms with Crippen molar-refractivity contribution in [3.05, 3.63) is 87.4 Å². The van der Waals surface area contributed by atoms with Crippen molar-refractivity contribution in [2.75, 3.05) is 24.8 Å². The Balaban J connectivity index is 2.07. The highest BCUT2D eigenvalue weighted by molar-refractivity contribution is 7.92. The molecule has 1 amide bonds. The summed E-state index contributed by atoms with van der Waals surface area (Å²) in [6.45, 7) is 1.81. The number of methoxy groups -OCH3 is 2. The summed E-state index contributed by atoms with van der Waals surface area (Å²) in [4.78, 5) is 13.4. The molecule has 0 unspecified atom stereocenters. The molecule has 0 fully saturated rings. The number of nitrogens with zero attached hydrogens (tertiary/aromatic N) is 1. The quantitative estimate of drug-likeness (QED) is 0.392. The van der Waals surface area contributed by atoms with E-state index in [1.54, 1.807) is 36.4 Å². The largest absolute Gasteiger partial charge is 0.493 e. The van der Waals surface area contributed by atoms with Crippen molar-refractivity contribution < 1.29 is 22.7 Å². The van der Waals surface area contributed by atoms with Crippen LogP contribution in [0, 0.1) is 0 Å². The highest BCUT2D eigenvalue weighted by Crippen LogP contribution is 2.37. The minimum absolute atomic E-state index is 0.0154. The molecule has 0 aliphatic heterocycles. The van der Waals surface area contributed by atoms with Gasteiger partial charge < -0.3 is 14.8 Å². The predicted octanol–water partition coefficient (Wildman–Crippen LogP) is 5.47. The Labute approximate surface area is 215 Å². The van der Waals surface area contributed by atoms with E-state index >= 15 is 0 Å². The maximum absolute atomic E-state index is 13.4. The van der Waals surface area contributed by atoms with Gasteiger partial charge in [0.15, 0.2) is 11.5 Å². The number of halogens is 2. The Morgan fingerprint density at radius 2 is 1.46 bits per heavy atom. The molecule has 0 saturated heterocycles. The highest BCUT2D eigenvalue weighted by atomic mass is 35.5. The molecule has 1 atom stereocenters. The summed E-state index contributed by atoms with van der Waals surface area (Å²) < 4.78 is 37.7. The summed E-state index contributed by atoms with van der Waals surface area (Å²) in [6, 6.07) is 16.5. The molecule has 0 bridgehead atoms. The average Bonchev–Trinajstić information content (AvgIpc) is 2.82. The number of sulfonamides is 1. The lowest BCUT2D eigenvalue weighted by molar-refractivity contribution is 0.0940. The third kappa shape index (κ3) is 6.60. The lowest BCUT2D eigenvalue weighted by Gasteiger charge is -2.26. The highest BCUT2D eigenvalue weighted by Gasteiger charge is 2.27. The molecule has 0 radical (unpaired) electrons. The van der Waals surface area contributed by atoms with Crippen LogP contribution in [0.1, 0.15) is 34.5 Å². The Hall–Kier alpha value is -2.94. The molecule has 7 nitrogen and oxygen atoms in total. The predicted molar refractivity (Wildman–Crippen MR) is 139 cm³/mol. The second-order valence-corrected chi connectivity index (χ2v) is 10.6. The van der Waals surface area contributed by atoms with Crippen LogP contribution >= 0.6 is 23.2 Å². The summed E-state index contributed by atoms with van der Waals surface area (Å²) >= 11 is 12.0. The van der Waals surface area contributed by atoms with Crippen molar-refractivity contribution in [3.63, 3.8) is 0 Å². The van der Waals surface area contributed by atoms with E-state index in [1.807, 2.05) is 19.1 Å². The molecule has 186 valence electrons. The van der Waals surface area contributed by atoms with E-state index < -0.39 is 15.9 Å². The standard InChI is InChI=1S/C25H26Cl2N2O5S/c1-16(18-7-11-20(27)12-8-18)28-25(30)21-13-23(33-2)24(34-3)14-22(21)29(35(4,31)32)15-17-5-9-19(26)10-6-17/h5-14,16H,15H2,1-4H3,(H,28,30)/t16-/m0/s1. The summed E-state index contributed by atoms with van der Waals surface area (Å²) in [5.74, 6) is 0.100. The van der Waals surface area contributed by atoms with Gasteiger partial charge in [-0.15, -0.1) is 0 Å². The maximum atomic E-state index is 13.4. The summed E-state index contributed by atoms with van der Waals surface area (Å²) in [7, 11) is -0.922. The van der Waals surface area contributed by atoms with Crippen LogP contribution in [-0.2, 0) is 16.6 Å². The molecule has 0 aliphatic rings. The van der Waals surface area contributed by atoms with Crippen molar-refractivity contribution in [2.45, 2.75) is 19.5 Å². The number of hydrogen-bond donors (Lipinski definition) is 1. The zero-order valence-electron chi connectivity index (χ0n) is 19.7. The smallest absolute Gasteiger partial charge is 0.254 e. The normalized spacial score (nSPS) is 12.1. The lowest BCUT2D eigenvalue weighted by atomic mass is 10.1. The van der Waals surface area contributed by atoms with E-state index in [9.17, 15) is 13.2 Å². The third-order valence-corrected chi connectivity index (χ3v) is 7.00. The van der Waals surface area contributed by atoms with Crippen molar-refractivity contribution in [3.8, 4) is 11.5 Å². The van der Waals surface area contributed by atoms with Gasteiger partial charge in [0.25, 0.3) is 5.91 Å². The van der Waals surface area contributed by atoms with E-state index in [2.05, 4.69) is 5.32 Å². The average molecular weight is 537 g/mol. The first kappa shape index (κ1) is 26.7. The van der Waals surface area contributed by atoms with Crippen LogP contribution in [0.2, 0.25) is 10.0 Å². The molecule has 3 rings (SSSR count). The monoisotopic (exact) mass is 536 g/mol. The van der Waals surface area contributed by atoms with Crippen LogP contribution in [0.3, 0.4) is 0 Å². The molecular formula is C25H26Cl2N2O5S. The van der Waals surface area contributed by atoms with Gasteiger partial charge >= 0.3 is 0 Å². The number of ether oxygens (including phenoxy) is 2. The van der Waals surface area contributed by atoms with Gasteiger partial charge in [-0.1, -0.05) is 47.5 Å². The number of amides is 1. The molecule has 3 aromatic carbocycles. The number of hydrogen-bond acceptors (Lipinski definition) is 5. The van der Waals surface area contributed by atoms with Crippen LogP contribution in [0.5, 0.6) is 11.5 Å². The van der Waals surface area contributed by atoms with Crippen molar-refractivity contribution >= 4 is 44.8 Å². The van der Waals surface area contributed by atoms with Crippen LogP contribution < -0.4 is 19.1 Å². The van der Waals surface area contributed by atoms with E-state index in [1.165, 1.54) is 26.4 Å². The number of carbonyl (C=O) groups excluding carboxylic acids is 1. The molecule has 0 saturated carbocycles. The summed E-state index contributed by atoms with van der Waals surface area (Å²) in [5.41, 5.74) is 1.80. The number of nitrogens with one attached hydrogen (secondary N) is 1. The van der Waals surface area contributed by atoms with Crippen LogP contribution in [0.4, 0.5) is 5.69 Å². The van der Waals surface area contributed by atoms with Gasteiger partial charge in [0.1, 0.15) is 0 Å². The minimum Gasteiger partial charge on any atom is -0.493 e. The fourth-order valence-electron chi connectivity index (χ4n) is 3.50. The molecule has 35 heavy (non-hydrogen) atoms. The zero-order chi connectivity index (χ0) is 25.8.